The van der Waals surface area contributed by atoms with E-state index in [0.29, 0.717) is 0 Å². The summed E-state index contributed by atoms with van der Waals surface area (Å²) in [5, 5.41) is 19.9. The molecule has 78 valence electrons. The van der Waals surface area contributed by atoms with Crippen molar-refractivity contribution in [2.75, 3.05) is 0 Å². The molecule has 2 N–H and O–H groups in total. The Morgan fingerprint density at radius 3 is 2.87 bits per heavy atom. The molecule has 0 aliphatic carbocycles. The van der Waals surface area contributed by atoms with Crippen LogP contribution in [0.25, 0.3) is 0 Å². The highest BCUT2D eigenvalue weighted by Gasteiger charge is 2.17. The van der Waals surface area contributed by atoms with Gasteiger partial charge in [0, 0.05) is 0 Å². The van der Waals surface area contributed by atoms with Gasteiger partial charge in [-0.05, 0) is 19.1 Å². The number of nitriles is 1. The lowest BCUT2D eigenvalue weighted by atomic mass is 10.1. The van der Waals surface area contributed by atoms with E-state index in [1.54, 1.807) is 6.07 Å². The molecule has 1 aromatic carbocycles. The number of nitrogens with one attached hydrogen (secondary N) is 1. The first-order valence-corrected chi connectivity index (χ1v) is 4.24. The van der Waals surface area contributed by atoms with Crippen LogP contribution in [-0.2, 0) is 0 Å². The highest BCUT2D eigenvalue weighted by molar-refractivity contribution is 5.97. The summed E-state index contributed by atoms with van der Waals surface area (Å²) >= 11 is 0. The number of carbonyl (C=O) groups excluding carboxylic acids is 1. The van der Waals surface area contributed by atoms with E-state index in [2.05, 4.69) is 5.32 Å². The Labute approximate surface area is 86.0 Å². The standard InChI is InChI=1S/C10H9FN2O2/c1-6(5-12)13-10(15)9-7(11)3-2-4-8(9)14/h2-4,6,14H,1H3,(H,13,15). The van der Waals surface area contributed by atoms with Gasteiger partial charge in [-0.25, -0.2) is 4.39 Å². The number of nitrogens with zero attached hydrogens (tertiary/aromatic N) is 1. The quantitative estimate of drug-likeness (QED) is 0.766. The number of phenolic OH excluding ortho intramolecular Hbond substituents is 1. The Morgan fingerprint density at radius 1 is 1.67 bits per heavy atom. The first kappa shape index (κ1) is 11.0. The zero-order chi connectivity index (χ0) is 11.4. The van der Waals surface area contributed by atoms with Gasteiger partial charge in [0.15, 0.2) is 0 Å². The maximum Gasteiger partial charge on any atom is 0.259 e. The van der Waals surface area contributed by atoms with Crippen LogP contribution in [-0.4, -0.2) is 17.1 Å². The second kappa shape index (κ2) is 4.42. The van der Waals surface area contributed by atoms with E-state index in [-0.39, 0.29) is 0 Å². The molecule has 1 rings (SSSR count). The minimum absolute atomic E-state index is 0.445. The minimum atomic E-state index is -0.822. The van der Waals surface area contributed by atoms with Crippen molar-refractivity contribution in [2.24, 2.45) is 0 Å². The van der Waals surface area contributed by atoms with Crippen LogP contribution in [0, 0.1) is 17.1 Å². The van der Waals surface area contributed by atoms with Crippen molar-refractivity contribution in [3.8, 4) is 11.8 Å². The van der Waals surface area contributed by atoms with Gasteiger partial charge in [0.05, 0.1) is 6.07 Å². The van der Waals surface area contributed by atoms with Gasteiger partial charge < -0.3 is 10.4 Å². The van der Waals surface area contributed by atoms with Crippen molar-refractivity contribution in [1.29, 1.82) is 5.26 Å². The summed E-state index contributed by atoms with van der Waals surface area (Å²) in [6.45, 7) is 1.45. The van der Waals surface area contributed by atoms with E-state index in [0.717, 1.165) is 6.07 Å². The zero-order valence-corrected chi connectivity index (χ0v) is 7.99. The Kier molecular flexibility index (Phi) is 3.24. The average Bonchev–Trinajstić information content (AvgIpc) is 2.17. The molecule has 0 radical (unpaired) electrons. The Morgan fingerprint density at radius 2 is 2.33 bits per heavy atom. The molecule has 15 heavy (non-hydrogen) atoms. The van der Waals surface area contributed by atoms with Crippen LogP contribution in [0.3, 0.4) is 0 Å². The summed E-state index contributed by atoms with van der Waals surface area (Å²) in [7, 11) is 0. The van der Waals surface area contributed by atoms with Gasteiger partial charge in [-0.3, -0.25) is 4.79 Å². The smallest absolute Gasteiger partial charge is 0.259 e. The van der Waals surface area contributed by atoms with Crippen LogP contribution < -0.4 is 5.32 Å². The van der Waals surface area contributed by atoms with Crippen molar-refractivity contribution < 1.29 is 14.3 Å². The van der Waals surface area contributed by atoms with E-state index >= 15 is 0 Å². The average molecular weight is 208 g/mol. The van der Waals surface area contributed by atoms with Crippen molar-refractivity contribution >= 4 is 5.91 Å². The van der Waals surface area contributed by atoms with Gasteiger partial charge in [-0.15, -0.1) is 0 Å². The first-order valence-electron chi connectivity index (χ1n) is 4.24. The van der Waals surface area contributed by atoms with Crippen molar-refractivity contribution in [3.05, 3.63) is 29.6 Å². The number of amides is 1. The highest BCUT2D eigenvalue weighted by atomic mass is 19.1. The number of benzene rings is 1. The summed E-state index contributed by atoms with van der Waals surface area (Å²) in [5.41, 5.74) is -0.445. The SMILES string of the molecule is CC(C#N)NC(=O)c1c(O)cccc1F. The zero-order valence-electron chi connectivity index (χ0n) is 7.99. The van der Waals surface area contributed by atoms with E-state index in [1.807, 2.05) is 0 Å². The summed E-state index contributed by atoms with van der Waals surface area (Å²) in [6, 6.07) is 4.58. The van der Waals surface area contributed by atoms with E-state index in [4.69, 9.17) is 5.26 Å². The Balaban J connectivity index is 2.97. The molecular formula is C10H9FN2O2. The van der Waals surface area contributed by atoms with Crippen LogP contribution in [0.4, 0.5) is 4.39 Å². The second-order valence-corrected chi connectivity index (χ2v) is 2.96. The summed E-state index contributed by atoms with van der Waals surface area (Å²) in [5.74, 6) is -2.07. The predicted octanol–water partition coefficient (Wildman–Crippen LogP) is 1.17. The number of phenols is 1. The number of aromatic hydroxyl groups is 1. The largest absolute Gasteiger partial charge is 0.507 e. The lowest BCUT2D eigenvalue weighted by molar-refractivity contribution is 0.0941. The molecule has 4 nitrogen and oxygen atoms in total. The molecule has 0 heterocycles. The first-order chi connectivity index (χ1) is 7.06. The third-order valence-electron chi connectivity index (χ3n) is 1.76. The highest BCUT2D eigenvalue weighted by Crippen LogP contribution is 2.19. The van der Waals surface area contributed by atoms with Gasteiger partial charge in [0.25, 0.3) is 5.91 Å². The van der Waals surface area contributed by atoms with Crippen molar-refractivity contribution in [1.82, 2.24) is 5.32 Å². The molecule has 0 aliphatic rings. The number of halogens is 1. The molecule has 1 unspecified atom stereocenters. The molecule has 0 fully saturated rings. The second-order valence-electron chi connectivity index (χ2n) is 2.96. The third kappa shape index (κ3) is 2.44. The fourth-order valence-electron chi connectivity index (χ4n) is 1.04. The van der Waals surface area contributed by atoms with Gasteiger partial charge in [-0.1, -0.05) is 6.07 Å². The lowest BCUT2D eigenvalue weighted by Crippen LogP contribution is -2.31. The predicted molar refractivity (Wildman–Crippen MR) is 50.6 cm³/mol. The summed E-state index contributed by atoms with van der Waals surface area (Å²) < 4.78 is 13.2. The molecule has 5 heteroatoms. The number of rotatable bonds is 2. The molecular weight excluding hydrogens is 199 g/mol. The van der Waals surface area contributed by atoms with Crippen LogP contribution in [0.15, 0.2) is 18.2 Å². The Hall–Kier alpha value is -2.09. The third-order valence-corrected chi connectivity index (χ3v) is 1.76. The van der Waals surface area contributed by atoms with E-state index < -0.39 is 29.1 Å². The van der Waals surface area contributed by atoms with Crippen molar-refractivity contribution in [2.45, 2.75) is 13.0 Å². The monoisotopic (exact) mass is 208 g/mol. The van der Waals surface area contributed by atoms with Crippen LogP contribution >= 0.6 is 0 Å². The van der Waals surface area contributed by atoms with Crippen molar-refractivity contribution in [3.63, 3.8) is 0 Å². The molecule has 1 atom stereocenters. The van der Waals surface area contributed by atoms with E-state index in [1.165, 1.54) is 19.1 Å². The maximum absolute atomic E-state index is 13.2. The van der Waals surface area contributed by atoms with Gasteiger partial charge >= 0.3 is 0 Å². The normalized spacial score (nSPS) is 11.5. The molecule has 1 amide bonds. The molecule has 0 aromatic heterocycles. The fraction of sp³-hybridized carbons (Fsp3) is 0.200. The molecule has 0 saturated heterocycles. The molecule has 0 bridgehead atoms. The van der Waals surface area contributed by atoms with Crippen LogP contribution in [0.5, 0.6) is 5.75 Å². The number of carbonyl (C=O) groups is 1. The molecule has 1 aromatic rings. The van der Waals surface area contributed by atoms with Crippen LogP contribution in [0.1, 0.15) is 17.3 Å². The van der Waals surface area contributed by atoms with E-state index in [9.17, 15) is 14.3 Å². The Bertz CT molecular complexity index is 406. The fourth-order valence-corrected chi connectivity index (χ4v) is 1.04. The van der Waals surface area contributed by atoms with Gasteiger partial charge in [0.2, 0.25) is 0 Å². The number of hydrogen-bond donors (Lipinski definition) is 2. The maximum atomic E-state index is 13.2. The van der Waals surface area contributed by atoms with Gasteiger partial charge in [-0.2, -0.15) is 5.26 Å². The number of hydrogen-bond acceptors (Lipinski definition) is 3. The molecule has 0 saturated carbocycles. The van der Waals surface area contributed by atoms with Gasteiger partial charge in [0.1, 0.15) is 23.2 Å². The topological polar surface area (TPSA) is 73.1 Å². The summed E-state index contributed by atoms with van der Waals surface area (Å²) in [6.07, 6.45) is 0. The van der Waals surface area contributed by atoms with Crippen LogP contribution in [0.2, 0.25) is 0 Å². The molecule has 0 aliphatic heterocycles. The molecule has 0 spiro atoms. The lowest BCUT2D eigenvalue weighted by Gasteiger charge is -2.08. The summed E-state index contributed by atoms with van der Waals surface area (Å²) in [4.78, 5) is 11.4. The minimum Gasteiger partial charge on any atom is -0.507 e.